The second-order valence-electron chi connectivity index (χ2n) is 11.3. The SMILES string of the molecule is CCSc1cc(N2CCC3(CC2)CC3)c(C(=O)Nc2ccc(OC)c(N3CCC(F)(F)CC3)c2)c2c1CCO2. The zero-order valence-electron chi connectivity index (χ0n) is 22.8. The molecule has 1 spiro atoms. The van der Waals surface area contributed by atoms with Crippen LogP contribution in [-0.2, 0) is 6.42 Å². The van der Waals surface area contributed by atoms with E-state index in [2.05, 4.69) is 23.2 Å². The molecule has 39 heavy (non-hydrogen) atoms. The minimum Gasteiger partial charge on any atom is -0.495 e. The standard InChI is InChI=1S/C30H37F2N3O3S/c1-3-39-25-19-23(35-13-9-29(7-8-29)10-14-35)26(27-21(25)6-17-38-27)28(36)33-20-4-5-24(37-2)22(18-20)34-15-11-30(31,32)12-16-34/h4-5,18-19H,3,6-17H2,1-2H3,(H,33,36). The molecule has 1 aliphatic carbocycles. The second-order valence-corrected chi connectivity index (χ2v) is 12.6. The first-order valence-electron chi connectivity index (χ1n) is 14.1. The molecule has 0 radical (unpaired) electrons. The van der Waals surface area contributed by atoms with Crippen molar-refractivity contribution in [1.29, 1.82) is 0 Å². The van der Waals surface area contributed by atoms with Crippen LogP contribution >= 0.6 is 11.8 Å². The number of alkyl halides is 2. The van der Waals surface area contributed by atoms with E-state index in [-0.39, 0.29) is 31.8 Å². The van der Waals surface area contributed by atoms with Gasteiger partial charge in [0.05, 0.1) is 25.1 Å². The van der Waals surface area contributed by atoms with Crippen molar-refractivity contribution < 1.29 is 23.0 Å². The quantitative estimate of drug-likeness (QED) is 0.387. The number of thioether (sulfide) groups is 1. The van der Waals surface area contributed by atoms with Gasteiger partial charge in [-0.2, -0.15) is 0 Å². The Labute approximate surface area is 233 Å². The summed E-state index contributed by atoms with van der Waals surface area (Å²) in [5.41, 5.74) is 4.53. The molecule has 3 fully saturated rings. The molecule has 210 valence electrons. The average Bonchev–Trinajstić information content (AvgIpc) is 3.49. The van der Waals surface area contributed by atoms with Crippen LogP contribution in [0.5, 0.6) is 11.5 Å². The molecule has 0 aromatic heterocycles. The van der Waals surface area contributed by atoms with Gasteiger partial charge in [-0.3, -0.25) is 4.79 Å². The number of hydrogen-bond acceptors (Lipinski definition) is 6. The van der Waals surface area contributed by atoms with Crippen molar-refractivity contribution in [1.82, 2.24) is 0 Å². The third kappa shape index (κ3) is 5.26. The summed E-state index contributed by atoms with van der Waals surface area (Å²) < 4.78 is 39.3. The number of halogens is 2. The van der Waals surface area contributed by atoms with E-state index in [4.69, 9.17) is 9.47 Å². The zero-order chi connectivity index (χ0) is 27.2. The topological polar surface area (TPSA) is 54.0 Å². The number of hydrogen-bond donors (Lipinski definition) is 1. The molecule has 2 aromatic rings. The fraction of sp³-hybridized carbons (Fsp3) is 0.567. The number of amides is 1. The number of benzene rings is 2. The lowest BCUT2D eigenvalue weighted by Gasteiger charge is -2.35. The number of piperidine rings is 2. The van der Waals surface area contributed by atoms with Gasteiger partial charge in [0.1, 0.15) is 17.1 Å². The minimum atomic E-state index is -2.64. The van der Waals surface area contributed by atoms with Gasteiger partial charge in [0, 0.05) is 61.6 Å². The predicted molar refractivity (Wildman–Crippen MR) is 152 cm³/mol. The molecular weight excluding hydrogens is 520 g/mol. The number of fused-ring (bicyclic) bond motifs is 1. The molecule has 1 saturated carbocycles. The van der Waals surface area contributed by atoms with Gasteiger partial charge in [-0.15, -0.1) is 11.8 Å². The smallest absolute Gasteiger partial charge is 0.261 e. The second kappa shape index (κ2) is 10.4. The molecule has 1 amide bonds. The van der Waals surface area contributed by atoms with E-state index in [9.17, 15) is 13.6 Å². The van der Waals surface area contributed by atoms with Crippen molar-refractivity contribution in [2.75, 3.05) is 60.8 Å². The van der Waals surface area contributed by atoms with E-state index in [0.717, 1.165) is 36.5 Å². The van der Waals surface area contributed by atoms with Crippen LogP contribution in [0.3, 0.4) is 0 Å². The molecule has 6 rings (SSSR count). The van der Waals surface area contributed by atoms with Crippen molar-refractivity contribution in [3.8, 4) is 11.5 Å². The van der Waals surface area contributed by atoms with Crippen LogP contribution < -0.4 is 24.6 Å². The Morgan fingerprint density at radius 3 is 2.38 bits per heavy atom. The number of nitrogens with zero attached hydrogens (tertiary/aromatic N) is 2. The molecule has 2 saturated heterocycles. The monoisotopic (exact) mass is 557 g/mol. The number of nitrogens with one attached hydrogen (secondary N) is 1. The van der Waals surface area contributed by atoms with Gasteiger partial charge in [-0.25, -0.2) is 8.78 Å². The van der Waals surface area contributed by atoms with Crippen LogP contribution in [0.4, 0.5) is 25.8 Å². The molecule has 6 nitrogen and oxygen atoms in total. The van der Waals surface area contributed by atoms with Crippen LogP contribution in [0, 0.1) is 5.41 Å². The van der Waals surface area contributed by atoms with Gasteiger partial charge in [0.25, 0.3) is 11.8 Å². The molecule has 0 atom stereocenters. The molecule has 3 aliphatic heterocycles. The third-order valence-electron chi connectivity index (χ3n) is 8.84. The molecule has 3 heterocycles. The first-order chi connectivity index (χ1) is 18.8. The van der Waals surface area contributed by atoms with Crippen LogP contribution in [-0.4, -0.2) is 57.5 Å². The number of carbonyl (C=O) groups excluding carboxylic acids is 1. The molecule has 0 bridgehead atoms. The summed E-state index contributed by atoms with van der Waals surface area (Å²) in [6.07, 6.45) is 5.39. The van der Waals surface area contributed by atoms with Crippen LogP contribution in [0.15, 0.2) is 29.2 Å². The van der Waals surface area contributed by atoms with E-state index >= 15 is 0 Å². The summed E-state index contributed by atoms with van der Waals surface area (Å²) in [6, 6.07) is 7.63. The Bertz CT molecular complexity index is 1250. The Kier molecular flexibility index (Phi) is 7.06. The fourth-order valence-electron chi connectivity index (χ4n) is 6.25. The van der Waals surface area contributed by atoms with Crippen molar-refractivity contribution in [2.24, 2.45) is 5.41 Å². The van der Waals surface area contributed by atoms with E-state index < -0.39 is 5.92 Å². The van der Waals surface area contributed by atoms with Gasteiger partial charge in [-0.1, -0.05) is 6.92 Å². The van der Waals surface area contributed by atoms with Gasteiger partial charge >= 0.3 is 0 Å². The third-order valence-corrected chi connectivity index (χ3v) is 9.81. The largest absolute Gasteiger partial charge is 0.495 e. The lowest BCUT2D eigenvalue weighted by Crippen LogP contribution is -2.39. The van der Waals surface area contributed by atoms with Gasteiger partial charge in [0.15, 0.2) is 0 Å². The number of methoxy groups -OCH3 is 1. The maximum atomic E-state index is 14.0. The highest BCUT2D eigenvalue weighted by molar-refractivity contribution is 7.99. The fourth-order valence-corrected chi connectivity index (χ4v) is 7.12. The highest BCUT2D eigenvalue weighted by atomic mass is 32.2. The Morgan fingerprint density at radius 1 is 1.03 bits per heavy atom. The summed E-state index contributed by atoms with van der Waals surface area (Å²) in [5, 5.41) is 3.11. The summed E-state index contributed by atoms with van der Waals surface area (Å²) in [7, 11) is 1.57. The lowest BCUT2D eigenvalue weighted by atomic mass is 9.92. The molecule has 4 aliphatic rings. The first kappa shape index (κ1) is 26.5. The van der Waals surface area contributed by atoms with Crippen molar-refractivity contribution >= 4 is 34.7 Å². The van der Waals surface area contributed by atoms with Gasteiger partial charge in [0.2, 0.25) is 0 Å². The average molecular weight is 558 g/mol. The van der Waals surface area contributed by atoms with Gasteiger partial charge < -0.3 is 24.6 Å². The Hall–Kier alpha value is -2.68. The van der Waals surface area contributed by atoms with E-state index in [1.54, 1.807) is 31.0 Å². The van der Waals surface area contributed by atoms with Crippen LogP contribution in [0.25, 0.3) is 0 Å². The first-order valence-corrected chi connectivity index (χ1v) is 15.1. The summed E-state index contributed by atoms with van der Waals surface area (Å²) >= 11 is 1.81. The lowest BCUT2D eigenvalue weighted by molar-refractivity contribution is -0.0221. The molecule has 2 aromatic carbocycles. The normalized spacial score (nSPS) is 20.9. The Balaban J connectivity index is 1.31. The molecule has 1 N–H and O–H groups in total. The summed E-state index contributed by atoms with van der Waals surface area (Å²) in [4.78, 5) is 19.5. The molecule has 9 heteroatoms. The highest BCUT2D eigenvalue weighted by Crippen LogP contribution is 2.54. The van der Waals surface area contributed by atoms with E-state index in [1.807, 2.05) is 11.0 Å². The number of ether oxygens (including phenoxy) is 2. The van der Waals surface area contributed by atoms with Crippen molar-refractivity contribution in [3.63, 3.8) is 0 Å². The maximum Gasteiger partial charge on any atom is 0.261 e. The Morgan fingerprint density at radius 2 is 1.72 bits per heavy atom. The highest BCUT2D eigenvalue weighted by Gasteiger charge is 2.45. The zero-order valence-corrected chi connectivity index (χ0v) is 23.6. The van der Waals surface area contributed by atoms with Gasteiger partial charge in [-0.05, 0) is 61.1 Å². The van der Waals surface area contributed by atoms with E-state index in [0.29, 0.717) is 40.5 Å². The number of carbonyl (C=O) groups is 1. The van der Waals surface area contributed by atoms with Crippen molar-refractivity contribution in [3.05, 3.63) is 35.4 Å². The number of anilines is 3. The predicted octanol–water partition coefficient (Wildman–Crippen LogP) is 6.61. The van der Waals surface area contributed by atoms with Crippen molar-refractivity contribution in [2.45, 2.75) is 62.7 Å². The van der Waals surface area contributed by atoms with Crippen LogP contribution in [0.2, 0.25) is 0 Å². The summed E-state index contributed by atoms with van der Waals surface area (Å²) in [5.74, 6) is -0.574. The maximum absolute atomic E-state index is 14.0. The van der Waals surface area contributed by atoms with E-state index in [1.165, 1.54) is 30.6 Å². The molecule has 0 unspecified atom stereocenters. The summed E-state index contributed by atoms with van der Waals surface area (Å²) in [6.45, 7) is 5.09. The number of rotatable bonds is 7. The van der Waals surface area contributed by atoms with Crippen LogP contribution in [0.1, 0.15) is 61.4 Å². The minimum absolute atomic E-state index is 0.196. The molecular formula is C30H37F2N3O3S.